The number of carbonyl (C=O) groups excluding carboxylic acids is 1. The summed E-state index contributed by atoms with van der Waals surface area (Å²) in [7, 11) is 0. The highest BCUT2D eigenvalue weighted by atomic mass is 16.1. The average molecular weight is 248 g/mol. The third kappa shape index (κ3) is 2.04. The predicted octanol–water partition coefficient (Wildman–Crippen LogP) is 4.60. The first-order valence-electron chi connectivity index (χ1n) is 8.11. The fourth-order valence-corrected chi connectivity index (χ4v) is 5.32. The van der Waals surface area contributed by atoms with Gasteiger partial charge in [-0.1, -0.05) is 20.3 Å². The lowest BCUT2D eigenvalue weighted by Gasteiger charge is -2.39. The SMILES string of the molecule is CC1(C)C2CCC(C2)C1CCC1CCCCC1=O. The van der Waals surface area contributed by atoms with Crippen molar-refractivity contribution < 1.29 is 4.79 Å². The number of hydrogen-bond donors (Lipinski definition) is 0. The quantitative estimate of drug-likeness (QED) is 0.713. The van der Waals surface area contributed by atoms with Gasteiger partial charge in [0.2, 0.25) is 0 Å². The second-order valence-corrected chi connectivity index (χ2v) is 7.68. The minimum atomic E-state index is 0.425. The van der Waals surface area contributed by atoms with E-state index in [1.54, 1.807) is 0 Å². The summed E-state index contributed by atoms with van der Waals surface area (Å²) in [6.45, 7) is 4.98. The van der Waals surface area contributed by atoms with Gasteiger partial charge in [-0.2, -0.15) is 0 Å². The summed E-state index contributed by atoms with van der Waals surface area (Å²) in [5, 5.41) is 0. The van der Waals surface area contributed by atoms with E-state index in [4.69, 9.17) is 0 Å². The van der Waals surface area contributed by atoms with Crippen LogP contribution in [0, 0.1) is 29.1 Å². The highest BCUT2D eigenvalue weighted by molar-refractivity contribution is 5.81. The zero-order valence-corrected chi connectivity index (χ0v) is 12.1. The van der Waals surface area contributed by atoms with Gasteiger partial charge in [0.1, 0.15) is 5.78 Å². The van der Waals surface area contributed by atoms with Gasteiger partial charge in [-0.3, -0.25) is 4.79 Å². The van der Waals surface area contributed by atoms with E-state index < -0.39 is 0 Å². The highest BCUT2D eigenvalue weighted by Crippen LogP contribution is 2.60. The van der Waals surface area contributed by atoms with Gasteiger partial charge in [0, 0.05) is 12.3 Å². The van der Waals surface area contributed by atoms with Crippen LogP contribution in [0.4, 0.5) is 0 Å². The van der Waals surface area contributed by atoms with Crippen molar-refractivity contribution in [3.8, 4) is 0 Å². The van der Waals surface area contributed by atoms with Crippen molar-refractivity contribution in [3.05, 3.63) is 0 Å². The minimum Gasteiger partial charge on any atom is -0.299 e. The van der Waals surface area contributed by atoms with Crippen LogP contribution in [0.3, 0.4) is 0 Å². The second-order valence-electron chi connectivity index (χ2n) is 7.68. The molecule has 1 nitrogen and oxygen atoms in total. The molecular weight excluding hydrogens is 220 g/mol. The van der Waals surface area contributed by atoms with Crippen molar-refractivity contribution in [1.29, 1.82) is 0 Å². The molecule has 0 amide bonds. The summed E-state index contributed by atoms with van der Waals surface area (Å²) in [4.78, 5) is 11.9. The van der Waals surface area contributed by atoms with Crippen LogP contribution < -0.4 is 0 Å². The zero-order chi connectivity index (χ0) is 12.8. The maximum absolute atomic E-state index is 11.9. The maximum atomic E-state index is 11.9. The van der Waals surface area contributed by atoms with Crippen LogP contribution in [0.2, 0.25) is 0 Å². The van der Waals surface area contributed by atoms with E-state index in [2.05, 4.69) is 13.8 Å². The van der Waals surface area contributed by atoms with E-state index in [1.807, 2.05) is 0 Å². The molecule has 4 unspecified atom stereocenters. The van der Waals surface area contributed by atoms with E-state index in [0.717, 1.165) is 30.6 Å². The molecule has 0 aromatic rings. The van der Waals surface area contributed by atoms with Crippen LogP contribution in [0.1, 0.15) is 71.6 Å². The Morgan fingerprint density at radius 2 is 1.94 bits per heavy atom. The fraction of sp³-hybridized carbons (Fsp3) is 0.941. The van der Waals surface area contributed by atoms with Crippen molar-refractivity contribution >= 4 is 5.78 Å². The lowest BCUT2D eigenvalue weighted by Crippen LogP contribution is -2.31. The Bertz CT molecular complexity index is 331. The van der Waals surface area contributed by atoms with E-state index in [-0.39, 0.29) is 0 Å². The van der Waals surface area contributed by atoms with Crippen LogP contribution in [0.5, 0.6) is 0 Å². The Morgan fingerprint density at radius 1 is 1.11 bits per heavy atom. The van der Waals surface area contributed by atoms with Gasteiger partial charge < -0.3 is 0 Å². The van der Waals surface area contributed by atoms with Crippen LogP contribution in [-0.4, -0.2) is 5.78 Å². The summed E-state index contributed by atoms with van der Waals surface area (Å²) in [5.41, 5.74) is 0.556. The molecule has 3 aliphatic carbocycles. The molecule has 0 spiro atoms. The van der Waals surface area contributed by atoms with Gasteiger partial charge in [-0.05, 0) is 68.1 Å². The molecule has 0 aliphatic heterocycles. The number of Topliss-reactive ketones (excluding diaryl/α,β-unsaturated/α-hetero) is 1. The van der Waals surface area contributed by atoms with Gasteiger partial charge in [0.05, 0.1) is 0 Å². The summed E-state index contributed by atoms with van der Waals surface area (Å²) in [6.07, 6.45) is 11.4. The van der Waals surface area contributed by atoms with E-state index >= 15 is 0 Å². The van der Waals surface area contributed by atoms with Crippen molar-refractivity contribution in [2.45, 2.75) is 71.6 Å². The molecule has 18 heavy (non-hydrogen) atoms. The lowest BCUT2D eigenvalue weighted by atomic mass is 9.66. The van der Waals surface area contributed by atoms with E-state index in [0.29, 0.717) is 17.1 Å². The number of rotatable bonds is 3. The number of ketones is 1. The molecule has 3 fully saturated rings. The van der Waals surface area contributed by atoms with Crippen LogP contribution >= 0.6 is 0 Å². The number of carbonyl (C=O) groups is 1. The third-order valence-corrected chi connectivity index (χ3v) is 6.56. The molecule has 1 heteroatoms. The predicted molar refractivity (Wildman–Crippen MR) is 74.3 cm³/mol. The Morgan fingerprint density at radius 3 is 2.61 bits per heavy atom. The molecule has 0 N–H and O–H groups in total. The van der Waals surface area contributed by atoms with Gasteiger partial charge >= 0.3 is 0 Å². The van der Waals surface area contributed by atoms with Gasteiger partial charge in [0.15, 0.2) is 0 Å². The summed E-state index contributed by atoms with van der Waals surface area (Å²) >= 11 is 0. The largest absolute Gasteiger partial charge is 0.299 e. The first-order chi connectivity index (χ1) is 8.59. The fourth-order valence-electron chi connectivity index (χ4n) is 5.32. The summed E-state index contributed by atoms with van der Waals surface area (Å²) in [6, 6.07) is 0. The first kappa shape index (κ1) is 12.7. The van der Waals surface area contributed by atoms with Crippen molar-refractivity contribution in [3.63, 3.8) is 0 Å². The Kier molecular flexibility index (Phi) is 3.28. The molecule has 3 saturated carbocycles. The highest BCUT2D eigenvalue weighted by Gasteiger charge is 2.52. The summed E-state index contributed by atoms with van der Waals surface area (Å²) in [5.74, 6) is 3.88. The molecule has 3 rings (SSSR count). The molecule has 0 heterocycles. The number of hydrogen-bond acceptors (Lipinski definition) is 1. The molecule has 2 bridgehead atoms. The van der Waals surface area contributed by atoms with Crippen molar-refractivity contribution in [2.24, 2.45) is 29.1 Å². The number of fused-ring (bicyclic) bond motifs is 2. The Balaban J connectivity index is 1.58. The van der Waals surface area contributed by atoms with Crippen LogP contribution in [-0.2, 0) is 4.79 Å². The molecule has 3 aliphatic rings. The first-order valence-corrected chi connectivity index (χ1v) is 8.11. The van der Waals surface area contributed by atoms with Crippen molar-refractivity contribution in [1.82, 2.24) is 0 Å². The monoisotopic (exact) mass is 248 g/mol. The molecule has 4 atom stereocenters. The van der Waals surface area contributed by atoms with Crippen LogP contribution in [0.15, 0.2) is 0 Å². The second kappa shape index (κ2) is 4.65. The molecule has 102 valence electrons. The summed E-state index contributed by atoms with van der Waals surface area (Å²) < 4.78 is 0. The normalized spacial score (nSPS) is 42.4. The average Bonchev–Trinajstić information content (AvgIpc) is 2.88. The Labute approximate surface area is 112 Å². The van der Waals surface area contributed by atoms with Gasteiger partial charge in [-0.15, -0.1) is 0 Å². The van der Waals surface area contributed by atoms with Gasteiger partial charge in [0.25, 0.3) is 0 Å². The maximum Gasteiger partial charge on any atom is 0.135 e. The topological polar surface area (TPSA) is 17.1 Å². The molecule has 0 aromatic heterocycles. The Hall–Kier alpha value is -0.330. The van der Waals surface area contributed by atoms with Crippen LogP contribution in [0.25, 0.3) is 0 Å². The van der Waals surface area contributed by atoms with E-state index in [1.165, 1.54) is 44.9 Å². The standard InChI is InChI=1S/C17H28O/c1-17(2)14-9-7-13(11-14)15(17)10-8-12-5-3-4-6-16(12)18/h12-15H,3-11H2,1-2H3. The van der Waals surface area contributed by atoms with E-state index in [9.17, 15) is 4.79 Å². The molecule has 0 radical (unpaired) electrons. The molecule has 0 aromatic carbocycles. The van der Waals surface area contributed by atoms with Crippen molar-refractivity contribution in [2.75, 3.05) is 0 Å². The molecule has 0 saturated heterocycles. The smallest absolute Gasteiger partial charge is 0.135 e. The lowest BCUT2D eigenvalue weighted by molar-refractivity contribution is -0.125. The zero-order valence-electron chi connectivity index (χ0n) is 12.1. The minimum absolute atomic E-state index is 0.425. The van der Waals surface area contributed by atoms with Gasteiger partial charge in [-0.25, -0.2) is 0 Å². The third-order valence-electron chi connectivity index (χ3n) is 6.56. The molecular formula is C17H28O.